The molecule has 39 heavy (non-hydrogen) atoms. The number of ether oxygens (including phenoxy) is 2. The number of hydrogen-bond acceptors (Lipinski definition) is 7. The summed E-state index contributed by atoms with van der Waals surface area (Å²) in [6, 6.07) is 18.3. The van der Waals surface area contributed by atoms with E-state index in [9.17, 15) is 22.8 Å². The van der Waals surface area contributed by atoms with Gasteiger partial charge in [0.1, 0.15) is 0 Å². The Bertz CT molecular complexity index is 1520. The second-order valence-electron chi connectivity index (χ2n) is 9.11. The van der Waals surface area contributed by atoms with Crippen molar-refractivity contribution in [1.29, 1.82) is 0 Å². The summed E-state index contributed by atoms with van der Waals surface area (Å²) >= 11 is 0. The number of nitrogens with one attached hydrogen (secondary N) is 1. The van der Waals surface area contributed by atoms with Crippen molar-refractivity contribution in [3.63, 3.8) is 0 Å². The normalized spacial score (nSPS) is 13.2. The number of fused-ring (bicyclic) bond motifs is 1. The van der Waals surface area contributed by atoms with Crippen molar-refractivity contribution in [2.45, 2.75) is 37.6 Å². The highest BCUT2D eigenvalue weighted by molar-refractivity contribution is 7.89. The van der Waals surface area contributed by atoms with Gasteiger partial charge in [-0.1, -0.05) is 30.3 Å². The van der Waals surface area contributed by atoms with Crippen LogP contribution in [0.25, 0.3) is 6.08 Å². The number of amides is 1. The van der Waals surface area contributed by atoms with Crippen LogP contribution in [0.15, 0.2) is 77.7 Å². The molecule has 0 aliphatic heterocycles. The Morgan fingerprint density at radius 2 is 1.46 bits per heavy atom. The quantitative estimate of drug-likeness (QED) is 0.259. The third kappa shape index (κ3) is 6.98. The highest BCUT2D eigenvalue weighted by Crippen LogP contribution is 2.29. The first-order valence-electron chi connectivity index (χ1n) is 12.2. The molecule has 0 unspecified atom stereocenters. The van der Waals surface area contributed by atoms with Crippen molar-refractivity contribution in [3.05, 3.63) is 89.5 Å². The zero-order valence-electron chi connectivity index (χ0n) is 21.7. The molecule has 4 rings (SSSR count). The lowest BCUT2D eigenvalue weighted by atomic mass is 10.1. The molecule has 0 bridgehead atoms. The van der Waals surface area contributed by atoms with Gasteiger partial charge >= 0.3 is 11.9 Å². The van der Waals surface area contributed by atoms with Crippen molar-refractivity contribution in [2.24, 2.45) is 0 Å². The van der Waals surface area contributed by atoms with E-state index in [1.54, 1.807) is 25.2 Å². The number of likely N-dealkylation sites (N-methyl/N-ethyl adjacent to an activating group) is 1. The van der Waals surface area contributed by atoms with E-state index in [0.29, 0.717) is 24.1 Å². The van der Waals surface area contributed by atoms with Crippen LogP contribution >= 0.6 is 0 Å². The second kappa shape index (κ2) is 11.6. The van der Waals surface area contributed by atoms with Crippen molar-refractivity contribution >= 4 is 39.6 Å². The molecule has 3 aromatic carbocycles. The van der Waals surface area contributed by atoms with Gasteiger partial charge in [-0.2, -0.15) is 0 Å². The molecular weight excluding hydrogens is 520 g/mol. The van der Waals surface area contributed by atoms with Crippen LogP contribution in [0.1, 0.15) is 30.5 Å². The molecule has 0 saturated heterocycles. The van der Waals surface area contributed by atoms with Crippen molar-refractivity contribution in [2.75, 3.05) is 11.9 Å². The average Bonchev–Trinajstić information content (AvgIpc) is 3.29. The Labute approximate surface area is 227 Å². The van der Waals surface area contributed by atoms with Gasteiger partial charge in [0.2, 0.25) is 10.0 Å². The first-order valence-corrected chi connectivity index (χ1v) is 13.7. The third-order valence-electron chi connectivity index (χ3n) is 6.13. The Morgan fingerprint density at radius 3 is 2.05 bits per heavy atom. The predicted molar refractivity (Wildman–Crippen MR) is 146 cm³/mol. The summed E-state index contributed by atoms with van der Waals surface area (Å²) in [5.74, 6) is -1.39. The summed E-state index contributed by atoms with van der Waals surface area (Å²) in [5.41, 5.74) is 3.33. The van der Waals surface area contributed by atoms with Gasteiger partial charge < -0.3 is 14.4 Å². The summed E-state index contributed by atoms with van der Waals surface area (Å²) in [6.07, 6.45) is 4.13. The summed E-state index contributed by atoms with van der Waals surface area (Å²) in [7, 11) is -2.16. The monoisotopic (exact) mass is 548 g/mol. The van der Waals surface area contributed by atoms with E-state index in [1.807, 2.05) is 24.3 Å². The number of carbonyl (C=O) groups is 3. The molecule has 0 radical (unpaired) electrons. The van der Waals surface area contributed by atoms with E-state index in [1.165, 1.54) is 55.2 Å². The van der Waals surface area contributed by atoms with E-state index in [4.69, 9.17) is 9.47 Å². The molecule has 1 amide bonds. The fourth-order valence-electron chi connectivity index (χ4n) is 4.29. The molecule has 1 aliphatic carbocycles. The lowest BCUT2D eigenvalue weighted by Gasteiger charge is -2.17. The van der Waals surface area contributed by atoms with Gasteiger partial charge in [-0.3, -0.25) is 14.4 Å². The van der Waals surface area contributed by atoms with E-state index in [2.05, 4.69) is 4.72 Å². The highest BCUT2D eigenvalue weighted by atomic mass is 32.2. The minimum Gasteiger partial charge on any atom is -0.423 e. The number of esters is 2. The fraction of sp³-hybridized carbons (Fsp3) is 0.207. The molecule has 0 heterocycles. The number of benzene rings is 3. The molecule has 9 nitrogen and oxygen atoms in total. The van der Waals surface area contributed by atoms with Crippen LogP contribution < -0.4 is 19.1 Å². The van der Waals surface area contributed by atoms with Gasteiger partial charge in [-0.05, 0) is 72.0 Å². The summed E-state index contributed by atoms with van der Waals surface area (Å²) < 4.78 is 38.8. The van der Waals surface area contributed by atoms with Crippen LogP contribution in [-0.4, -0.2) is 39.4 Å². The molecule has 10 heteroatoms. The van der Waals surface area contributed by atoms with Crippen LogP contribution in [0, 0.1) is 0 Å². The molecule has 0 aromatic heterocycles. The zero-order valence-corrected chi connectivity index (χ0v) is 22.5. The maximum atomic E-state index is 12.9. The van der Waals surface area contributed by atoms with Gasteiger partial charge in [-0.25, -0.2) is 13.1 Å². The Morgan fingerprint density at radius 1 is 0.872 bits per heavy atom. The van der Waals surface area contributed by atoms with Gasteiger partial charge in [-0.15, -0.1) is 0 Å². The smallest absolute Gasteiger partial charge is 0.308 e. The van der Waals surface area contributed by atoms with Crippen LogP contribution in [0.3, 0.4) is 0 Å². The van der Waals surface area contributed by atoms with E-state index >= 15 is 0 Å². The lowest BCUT2D eigenvalue weighted by Crippen LogP contribution is -2.35. The topological polar surface area (TPSA) is 119 Å². The zero-order chi connectivity index (χ0) is 28.2. The molecule has 202 valence electrons. The minimum atomic E-state index is -3.73. The van der Waals surface area contributed by atoms with Crippen LogP contribution in [0.4, 0.5) is 5.69 Å². The number of anilines is 1. The summed E-state index contributed by atoms with van der Waals surface area (Å²) in [5, 5.41) is 0. The Kier molecular flexibility index (Phi) is 8.27. The van der Waals surface area contributed by atoms with Gasteiger partial charge in [0, 0.05) is 38.7 Å². The Hall–Kier alpha value is -4.28. The van der Waals surface area contributed by atoms with Crippen molar-refractivity contribution in [1.82, 2.24) is 4.72 Å². The molecule has 0 fully saturated rings. The van der Waals surface area contributed by atoms with Gasteiger partial charge in [0.15, 0.2) is 11.5 Å². The van der Waals surface area contributed by atoms with Crippen LogP contribution in [0.2, 0.25) is 0 Å². The van der Waals surface area contributed by atoms with Crippen molar-refractivity contribution < 1.29 is 32.3 Å². The number of nitrogens with zero attached hydrogens (tertiary/aromatic N) is 1. The molecule has 0 atom stereocenters. The van der Waals surface area contributed by atoms with Crippen LogP contribution in [0.5, 0.6) is 11.5 Å². The molecule has 1 aliphatic rings. The van der Waals surface area contributed by atoms with Gasteiger partial charge in [0.05, 0.1) is 4.90 Å². The predicted octanol–water partition coefficient (Wildman–Crippen LogP) is 3.66. The fourth-order valence-corrected chi connectivity index (χ4v) is 5.52. The molecule has 0 saturated carbocycles. The van der Waals surface area contributed by atoms with E-state index in [0.717, 1.165) is 11.1 Å². The first-order chi connectivity index (χ1) is 18.5. The lowest BCUT2D eigenvalue weighted by molar-refractivity contribution is -0.134. The first kappa shape index (κ1) is 27.7. The van der Waals surface area contributed by atoms with E-state index < -0.39 is 22.0 Å². The molecule has 1 N–H and O–H groups in total. The number of sulfonamides is 1. The minimum absolute atomic E-state index is 0.0487. The number of rotatable bonds is 8. The SMILES string of the molecule is CC(=O)Oc1ccc(C=CC(=O)N(C)c2ccc(S(=O)(=O)NC3Cc4ccccc4C3)cc2)cc1OC(C)=O. The molecular formula is C29H28N2O7S. The average molecular weight is 549 g/mol. The third-order valence-corrected chi connectivity index (χ3v) is 7.67. The maximum Gasteiger partial charge on any atom is 0.308 e. The Balaban J connectivity index is 1.41. The van der Waals surface area contributed by atoms with Gasteiger partial charge in [0.25, 0.3) is 5.91 Å². The van der Waals surface area contributed by atoms with E-state index in [-0.39, 0.29) is 28.3 Å². The highest BCUT2D eigenvalue weighted by Gasteiger charge is 2.26. The van der Waals surface area contributed by atoms with Crippen molar-refractivity contribution in [3.8, 4) is 11.5 Å². The number of carbonyl (C=O) groups excluding carboxylic acids is 3. The molecule has 3 aromatic rings. The maximum absolute atomic E-state index is 12.9. The summed E-state index contributed by atoms with van der Waals surface area (Å²) in [4.78, 5) is 37.0. The standard InChI is InChI=1S/C29H28N2O7S/c1-19(32)37-27-14-8-21(16-28(27)38-20(2)33)9-15-29(34)31(3)25-10-12-26(13-11-25)39(35,36)30-24-17-22-6-4-5-7-23(22)18-24/h4-16,24,30H,17-18H2,1-3H3. The second-order valence-corrected chi connectivity index (χ2v) is 10.8. The number of hydrogen-bond donors (Lipinski definition) is 1. The largest absolute Gasteiger partial charge is 0.423 e. The van der Waals surface area contributed by atoms with Crippen LogP contribution in [-0.2, 0) is 37.2 Å². The summed E-state index contributed by atoms with van der Waals surface area (Å²) in [6.45, 7) is 2.45. The molecule has 0 spiro atoms.